The van der Waals surface area contributed by atoms with E-state index in [1.165, 1.54) is 16.1 Å². The van der Waals surface area contributed by atoms with Crippen LogP contribution >= 0.6 is 22.7 Å². The molecule has 0 atom stereocenters. The van der Waals surface area contributed by atoms with Crippen molar-refractivity contribution in [1.82, 2.24) is 10.3 Å². The first-order chi connectivity index (χ1) is 9.69. The Balaban J connectivity index is 1.68. The molecule has 0 saturated heterocycles. The number of nitrogens with zero attached hydrogens (tertiary/aromatic N) is 1. The fourth-order valence-electron chi connectivity index (χ4n) is 2.01. The lowest BCUT2D eigenvalue weighted by molar-refractivity contribution is -0.121. The third kappa shape index (κ3) is 4.42. The number of hydrogen-bond acceptors (Lipinski definition) is 4. The smallest absolute Gasteiger partial charge is 0.220 e. The Hall–Kier alpha value is -1.20. The molecule has 2 rings (SSSR count). The summed E-state index contributed by atoms with van der Waals surface area (Å²) in [6, 6.07) is 2.07. The molecular formula is C15H20N2OS2. The minimum atomic E-state index is 0.125. The minimum Gasteiger partial charge on any atom is -0.356 e. The normalized spacial score (nSPS) is 10.7. The van der Waals surface area contributed by atoms with Crippen LogP contribution in [-0.2, 0) is 24.1 Å². The summed E-state index contributed by atoms with van der Waals surface area (Å²) in [4.78, 5) is 17.6. The zero-order valence-corrected chi connectivity index (χ0v) is 13.6. The van der Waals surface area contributed by atoms with E-state index in [0.29, 0.717) is 13.0 Å². The molecule has 0 radical (unpaired) electrons. The van der Waals surface area contributed by atoms with E-state index < -0.39 is 0 Å². The Morgan fingerprint density at radius 1 is 1.40 bits per heavy atom. The molecule has 2 aromatic rings. The van der Waals surface area contributed by atoms with Crippen molar-refractivity contribution in [3.63, 3.8) is 0 Å². The molecule has 1 N–H and O–H groups in total. The maximum Gasteiger partial charge on any atom is 0.220 e. The quantitative estimate of drug-likeness (QED) is 0.852. The lowest BCUT2D eigenvalue weighted by Gasteiger charge is -2.03. The maximum atomic E-state index is 11.7. The molecule has 0 aliphatic rings. The van der Waals surface area contributed by atoms with Gasteiger partial charge in [-0.25, -0.2) is 4.98 Å². The number of aromatic nitrogens is 1. The van der Waals surface area contributed by atoms with Crippen molar-refractivity contribution in [3.05, 3.63) is 38.0 Å². The number of carbonyl (C=O) groups excluding carboxylic acids is 1. The lowest BCUT2D eigenvalue weighted by Crippen LogP contribution is -2.25. The molecule has 1 amide bonds. The first-order valence-corrected chi connectivity index (χ1v) is 8.68. The molecule has 0 saturated carbocycles. The van der Waals surface area contributed by atoms with Gasteiger partial charge in [-0.2, -0.15) is 11.3 Å². The first-order valence-electron chi connectivity index (χ1n) is 6.92. The Bertz CT molecular complexity index is 546. The molecule has 5 heteroatoms. The second-order valence-electron chi connectivity index (χ2n) is 4.70. The van der Waals surface area contributed by atoms with Crippen molar-refractivity contribution >= 4 is 28.6 Å². The predicted molar refractivity (Wildman–Crippen MR) is 85.6 cm³/mol. The minimum absolute atomic E-state index is 0.125. The highest BCUT2D eigenvalue weighted by atomic mass is 32.1. The van der Waals surface area contributed by atoms with Gasteiger partial charge in [0, 0.05) is 24.3 Å². The van der Waals surface area contributed by atoms with E-state index in [0.717, 1.165) is 24.3 Å². The van der Waals surface area contributed by atoms with E-state index >= 15 is 0 Å². The summed E-state index contributed by atoms with van der Waals surface area (Å²) in [5, 5.41) is 8.23. The molecule has 2 aromatic heterocycles. The Morgan fingerprint density at radius 2 is 2.25 bits per heavy atom. The van der Waals surface area contributed by atoms with Crippen molar-refractivity contribution in [1.29, 1.82) is 0 Å². The Morgan fingerprint density at radius 3 is 2.90 bits per heavy atom. The highest BCUT2D eigenvalue weighted by Crippen LogP contribution is 2.18. The molecule has 0 bridgehead atoms. The molecule has 0 unspecified atom stereocenters. The molecular weight excluding hydrogens is 288 g/mol. The zero-order chi connectivity index (χ0) is 14.4. The summed E-state index contributed by atoms with van der Waals surface area (Å²) in [6.45, 7) is 4.91. The van der Waals surface area contributed by atoms with Crippen LogP contribution in [0.15, 0.2) is 16.8 Å². The topological polar surface area (TPSA) is 42.0 Å². The number of carbonyl (C=O) groups is 1. The standard InChI is InChI=1S/C15H20N2OS2/c1-3-13-11(2)20-15(17-13)6-8-16-14(18)5-4-12-7-9-19-10-12/h7,9-10H,3-6,8H2,1-2H3,(H,16,18). The van der Waals surface area contributed by atoms with E-state index in [1.54, 1.807) is 22.7 Å². The van der Waals surface area contributed by atoms with Crippen LogP contribution in [0.1, 0.15) is 34.5 Å². The zero-order valence-electron chi connectivity index (χ0n) is 11.9. The summed E-state index contributed by atoms with van der Waals surface area (Å²) in [7, 11) is 0. The molecule has 2 heterocycles. The lowest BCUT2D eigenvalue weighted by atomic mass is 10.2. The van der Waals surface area contributed by atoms with Crippen LogP contribution < -0.4 is 5.32 Å². The van der Waals surface area contributed by atoms with Gasteiger partial charge in [0.2, 0.25) is 5.91 Å². The molecule has 20 heavy (non-hydrogen) atoms. The number of thiazole rings is 1. The fraction of sp³-hybridized carbons (Fsp3) is 0.467. The van der Waals surface area contributed by atoms with Crippen molar-refractivity contribution in [2.24, 2.45) is 0 Å². The van der Waals surface area contributed by atoms with Crippen LogP contribution in [0.5, 0.6) is 0 Å². The fourth-order valence-corrected chi connectivity index (χ4v) is 3.74. The number of hydrogen-bond donors (Lipinski definition) is 1. The number of aryl methyl sites for hydroxylation is 3. The average molecular weight is 308 g/mol. The van der Waals surface area contributed by atoms with Crippen LogP contribution in [-0.4, -0.2) is 17.4 Å². The van der Waals surface area contributed by atoms with Gasteiger partial charge in [-0.15, -0.1) is 11.3 Å². The van der Waals surface area contributed by atoms with E-state index in [9.17, 15) is 4.79 Å². The van der Waals surface area contributed by atoms with Gasteiger partial charge in [0.1, 0.15) is 0 Å². The molecule has 0 fully saturated rings. The van der Waals surface area contributed by atoms with E-state index in [-0.39, 0.29) is 5.91 Å². The van der Waals surface area contributed by atoms with Gasteiger partial charge in [-0.05, 0) is 42.2 Å². The second kappa shape index (κ2) is 7.55. The molecule has 0 aromatic carbocycles. The highest BCUT2D eigenvalue weighted by Gasteiger charge is 2.07. The van der Waals surface area contributed by atoms with Crippen LogP contribution in [0.25, 0.3) is 0 Å². The number of thiophene rings is 1. The van der Waals surface area contributed by atoms with Crippen LogP contribution in [0.3, 0.4) is 0 Å². The summed E-state index contributed by atoms with van der Waals surface area (Å²) in [5.74, 6) is 0.125. The van der Waals surface area contributed by atoms with Gasteiger partial charge >= 0.3 is 0 Å². The van der Waals surface area contributed by atoms with Crippen molar-refractivity contribution in [3.8, 4) is 0 Å². The summed E-state index contributed by atoms with van der Waals surface area (Å²) in [5.41, 5.74) is 2.43. The second-order valence-corrected chi connectivity index (χ2v) is 6.76. The van der Waals surface area contributed by atoms with E-state index in [2.05, 4.69) is 35.6 Å². The number of nitrogens with one attached hydrogen (secondary N) is 1. The van der Waals surface area contributed by atoms with E-state index in [1.807, 2.05) is 5.38 Å². The monoisotopic (exact) mass is 308 g/mol. The Kier molecular flexibility index (Phi) is 5.73. The molecule has 0 aliphatic heterocycles. The molecule has 108 valence electrons. The molecule has 0 spiro atoms. The highest BCUT2D eigenvalue weighted by molar-refractivity contribution is 7.11. The molecule has 0 aliphatic carbocycles. The summed E-state index contributed by atoms with van der Waals surface area (Å²) < 4.78 is 0. The van der Waals surface area contributed by atoms with Gasteiger partial charge in [-0.1, -0.05) is 6.92 Å². The van der Waals surface area contributed by atoms with Crippen LogP contribution in [0, 0.1) is 6.92 Å². The van der Waals surface area contributed by atoms with Gasteiger partial charge in [0.15, 0.2) is 0 Å². The maximum absolute atomic E-state index is 11.7. The number of amides is 1. The number of rotatable bonds is 7. The van der Waals surface area contributed by atoms with Gasteiger partial charge in [-0.3, -0.25) is 4.79 Å². The first kappa shape index (κ1) is 15.2. The van der Waals surface area contributed by atoms with Gasteiger partial charge in [0.05, 0.1) is 10.7 Å². The third-order valence-corrected chi connectivity index (χ3v) is 4.96. The van der Waals surface area contributed by atoms with Crippen LogP contribution in [0.4, 0.5) is 0 Å². The van der Waals surface area contributed by atoms with Crippen molar-refractivity contribution in [2.45, 2.75) is 39.5 Å². The van der Waals surface area contributed by atoms with Gasteiger partial charge in [0.25, 0.3) is 0 Å². The average Bonchev–Trinajstić information content (AvgIpc) is 3.06. The largest absolute Gasteiger partial charge is 0.356 e. The Labute approximate surface area is 128 Å². The van der Waals surface area contributed by atoms with Crippen molar-refractivity contribution in [2.75, 3.05) is 6.54 Å². The van der Waals surface area contributed by atoms with Crippen molar-refractivity contribution < 1.29 is 4.79 Å². The molecule has 3 nitrogen and oxygen atoms in total. The SMILES string of the molecule is CCc1nc(CCNC(=O)CCc2ccsc2)sc1C. The van der Waals surface area contributed by atoms with Crippen LogP contribution in [0.2, 0.25) is 0 Å². The summed E-state index contributed by atoms with van der Waals surface area (Å²) >= 11 is 3.41. The van der Waals surface area contributed by atoms with E-state index in [4.69, 9.17) is 0 Å². The van der Waals surface area contributed by atoms with Gasteiger partial charge < -0.3 is 5.32 Å². The predicted octanol–water partition coefficient (Wildman–Crippen LogP) is 3.37. The third-order valence-electron chi connectivity index (χ3n) is 3.15. The summed E-state index contributed by atoms with van der Waals surface area (Å²) in [6.07, 6.45) is 3.20.